The Hall–Kier alpha value is -1.45. The first-order valence-electron chi connectivity index (χ1n) is 6.49. The van der Waals surface area contributed by atoms with E-state index in [9.17, 15) is 0 Å². The Morgan fingerprint density at radius 3 is 3.11 bits per heavy atom. The van der Waals surface area contributed by atoms with Crippen LogP contribution in [0.1, 0.15) is 17.7 Å². The number of fused-ring (bicyclic) bond motifs is 1. The lowest BCUT2D eigenvalue weighted by Crippen LogP contribution is -2.28. The molecule has 94 valence electrons. The summed E-state index contributed by atoms with van der Waals surface area (Å²) in [5.41, 5.74) is 3.44. The fourth-order valence-corrected chi connectivity index (χ4v) is 2.34. The van der Waals surface area contributed by atoms with Crippen molar-refractivity contribution in [2.75, 3.05) is 13.2 Å². The van der Waals surface area contributed by atoms with E-state index in [-0.39, 0.29) is 0 Å². The van der Waals surface area contributed by atoms with Gasteiger partial charge in [0.25, 0.3) is 0 Å². The molecule has 2 heterocycles. The highest BCUT2D eigenvalue weighted by molar-refractivity contribution is 5.79. The average Bonchev–Trinajstić information content (AvgIpc) is 2.89. The molecule has 1 aliphatic rings. The van der Waals surface area contributed by atoms with Crippen LogP contribution in [0.15, 0.2) is 30.3 Å². The normalized spacial score (nSPS) is 19.5. The minimum Gasteiger partial charge on any atom is -0.380 e. The molecule has 1 fully saturated rings. The molecule has 0 spiro atoms. The summed E-state index contributed by atoms with van der Waals surface area (Å²) in [5, 5.41) is 4.74. The lowest BCUT2D eigenvalue weighted by Gasteiger charge is -2.10. The van der Waals surface area contributed by atoms with Gasteiger partial charge in [0, 0.05) is 30.3 Å². The second kappa shape index (κ2) is 5.04. The van der Waals surface area contributed by atoms with E-state index in [2.05, 4.69) is 40.6 Å². The van der Waals surface area contributed by atoms with Gasteiger partial charge in [-0.15, -0.1) is 0 Å². The topological polar surface area (TPSA) is 34.1 Å². The Morgan fingerprint density at radius 1 is 1.33 bits per heavy atom. The molecule has 1 aromatic heterocycles. The Kier molecular flexibility index (Phi) is 3.26. The lowest BCUT2D eigenvalue weighted by molar-refractivity contribution is 0.190. The number of nitrogens with one attached hydrogen (secondary N) is 1. The van der Waals surface area contributed by atoms with Crippen LogP contribution in [0, 0.1) is 6.92 Å². The highest BCUT2D eigenvalue weighted by Crippen LogP contribution is 2.15. The number of benzene rings is 1. The molecule has 1 saturated heterocycles. The minimum atomic E-state index is 0.511. The first kappa shape index (κ1) is 11.6. The molecule has 3 rings (SSSR count). The van der Waals surface area contributed by atoms with Gasteiger partial charge in [-0.25, -0.2) is 0 Å². The maximum atomic E-state index is 5.36. The highest BCUT2D eigenvalue weighted by Gasteiger charge is 2.14. The fraction of sp³-hybridized carbons (Fsp3) is 0.400. The number of pyridine rings is 1. The molecule has 0 radical (unpaired) electrons. The lowest BCUT2D eigenvalue weighted by atomic mass is 10.1. The fourth-order valence-electron chi connectivity index (χ4n) is 2.34. The smallest absolute Gasteiger partial charge is 0.0705 e. The molecule has 1 aliphatic heterocycles. The molecule has 18 heavy (non-hydrogen) atoms. The van der Waals surface area contributed by atoms with Gasteiger partial charge in [-0.1, -0.05) is 12.1 Å². The van der Waals surface area contributed by atoms with Crippen molar-refractivity contribution in [3.63, 3.8) is 0 Å². The van der Waals surface area contributed by atoms with Gasteiger partial charge in [-0.05, 0) is 37.1 Å². The molecule has 1 unspecified atom stereocenters. The van der Waals surface area contributed by atoms with Gasteiger partial charge in [-0.3, -0.25) is 4.98 Å². The molecule has 2 aromatic rings. The largest absolute Gasteiger partial charge is 0.380 e. The van der Waals surface area contributed by atoms with Crippen LogP contribution in [0.5, 0.6) is 0 Å². The Bertz CT molecular complexity index is 547. The van der Waals surface area contributed by atoms with E-state index < -0.39 is 0 Å². The second-order valence-electron chi connectivity index (χ2n) is 4.92. The Morgan fingerprint density at radius 2 is 2.28 bits per heavy atom. The van der Waals surface area contributed by atoms with Crippen molar-refractivity contribution >= 4 is 10.9 Å². The van der Waals surface area contributed by atoms with Crippen LogP contribution >= 0.6 is 0 Å². The van der Waals surface area contributed by atoms with Crippen molar-refractivity contribution in [3.05, 3.63) is 41.6 Å². The van der Waals surface area contributed by atoms with Gasteiger partial charge >= 0.3 is 0 Å². The average molecular weight is 242 g/mol. The Labute approximate surface area is 107 Å². The van der Waals surface area contributed by atoms with E-state index in [4.69, 9.17) is 4.74 Å². The molecular weight excluding hydrogens is 224 g/mol. The van der Waals surface area contributed by atoms with Gasteiger partial charge < -0.3 is 10.1 Å². The van der Waals surface area contributed by atoms with Crippen molar-refractivity contribution in [1.29, 1.82) is 0 Å². The van der Waals surface area contributed by atoms with E-state index >= 15 is 0 Å². The van der Waals surface area contributed by atoms with Crippen molar-refractivity contribution in [3.8, 4) is 0 Å². The first-order chi connectivity index (χ1) is 8.81. The number of aryl methyl sites for hydroxylation is 1. The summed E-state index contributed by atoms with van der Waals surface area (Å²) in [6.45, 7) is 4.65. The minimum absolute atomic E-state index is 0.511. The maximum absolute atomic E-state index is 5.36. The van der Waals surface area contributed by atoms with Gasteiger partial charge in [-0.2, -0.15) is 0 Å². The molecular formula is C15H18N2O. The summed E-state index contributed by atoms with van der Waals surface area (Å²) in [4.78, 5) is 4.51. The van der Waals surface area contributed by atoms with Crippen LogP contribution in [0.4, 0.5) is 0 Å². The molecule has 0 bridgehead atoms. The molecule has 3 heteroatoms. The predicted molar refractivity (Wildman–Crippen MR) is 72.5 cm³/mol. The summed E-state index contributed by atoms with van der Waals surface area (Å²) in [7, 11) is 0. The number of aromatic nitrogens is 1. The zero-order valence-electron chi connectivity index (χ0n) is 10.6. The van der Waals surface area contributed by atoms with Crippen LogP contribution in [0.2, 0.25) is 0 Å². The van der Waals surface area contributed by atoms with E-state index in [1.165, 1.54) is 10.9 Å². The summed E-state index contributed by atoms with van der Waals surface area (Å²) in [5.74, 6) is 0. The zero-order chi connectivity index (χ0) is 12.4. The van der Waals surface area contributed by atoms with Gasteiger partial charge in [0.05, 0.1) is 12.1 Å². The third kappa shape index (κ3) is 2.52. The first-order valence-corrected chi connectivity index (χ1v) is 6.49. The number of ether oxygens (including phenoxy) is 1. The van der Waals surface area contributed by atoms with Gasteiger partial charge in [0.15, 0.2) is 0 Å². The van der Waals surface area contributed by atoms with Crippen LogP contribution in [0.3, 0.4) is 0 Å². The van der Waals surface area contributed by atoms with Crippen molar-refractivity contribution in [1.82, 2.24) is 10.3 Å². The number of nitrogens with zero attached hydrogens (tertiary/aromatic N) is 1. The molecule has 1 N–H and O–H groups in total. The van der Waals surface area contributed by atoms with Crippen molar-refractivity contribution in [2.24, 2.45) is 0 Å². The molecule has 1 aromatic carbocycles. The Balaban J connectivity index is 1.74. The summed E-state index contributed by atoms with van der Waals surface area (Å²) >= 11 is 0. The quantitative estimate of drug-likeness (QED) is 0.897. The van der Waals surface area contributed by atoms with Crippen LogP contribution in [-0.2, 0) is 11.3 Å². The third-order valence-electron chi connectivity index (χ3n) is 3.42. The SMILES string of the molecule is Cc1ccc2cc(CNC3CCOC3)ccc2n1. The van der Waals surface area contributed by atoms with Crippen molar-refractivity contribution in [2.45, 2.75) is 25.9 Å². The third-order valence-corrected chi connectivity index (χ3v) is 3.42. The number of hydrogen-bond acceptors (Lipinski definition) is 3. The molecule has 0 saturated carbocycles. The van der Waals surface area contributed by atoms with Gasteiger partial charge in [0.2, 0.25) is 0 Å². The number of hydrogen-bond donors (Lipinski definition) is 1. The maximum Gasteiger partial charge on any atom is 0.0705 e. The predicted octanol–water partition coefficient (Wildman–Crippen LogP) is 2.42. The van der Waals surface area contributed by atoms with E-state index in [1.54, 1.807) is 0 Å². The summed E-state index contributed by atoms with van der Waals surface area (Å²) in [6.07, 6.45) is 1.12. The van der Waals surface area contributed by atoms with Crippen LogP contribution in [-0.4, -0.2) is 24.2 Å². The summed E-state index contributed by atoms with van der Waals surface area (Å²) in [6, 6.07) is 11.2. The molecule has 3 nitrogen and oxygen atoms in total. The standard InChI is InChI=1S/C15H18N2O/c1-11-2-4-13-8-12(3-5-15(13)17-11)9-16-14-6-7-18-10-14/h2-5,8,14,16H,6-7,9-10H2,1H3. The second-order valence-corrected chi connectivity index (χ2v) is 4.92. The molecule has 1 atom stereocenters. The van der Waals surface area contributed by atoms with E-state index in [1.807, 2.05) is 6.92 Å². The van der Waals surface area contributed by atoms with Gasteiger partial charge in [0.1, 0.15) is 0 Å². The van der Waals surface area contributed by atoms with E-state index in [0.29, 0.717) is 6.04 Å². The highest BCUT2D eigenvalue weighted by atomic mass is 16.5. The zero-order valence-corrected chi connectivity index (χ0v) is 10.6. The monoisotopic (exact) mass is 242 g/mol. The van der Waals surface area contributed by atoms with Crippen molar-refractivity contribution < 1.29 is 4.74 Å². The van der Waals surface area contributed by atoms with Crippen LogP contribution in [0.25, 0.3) is 10.9 Å². The van der Waals surface area contributed by atoms with E-state index in [0.717, 1.165) is 37.4 Å². The molecule has 0 amide bonds. The van der Waals surface area contributed by atoms with Crippen LogP contribution < -0.4 is 5.32 Å². The molecule has 0 aliphatic carbocycles. The summed E-state index contributed by atoms with van der Waals surface area (Å²) < 4.78 is 5.36. The number of rotatable bonds is 3.